The van der Waals surface area contributed by atoms with Crippen molar-refractivity contribution in [1.29, 1.82) is 0 Å². The second-order valence-corrected chi connectivity index (χ2v) is 11.0. The van der Waals surface area contributed by atoms with E-state index in [1.54, 1.807) is 0 Å². The molecule has 0 unspecified atom stereocenters. The van der Waals surface area contributed by atoms with Crippen molar-refractivity contribution in [2.75, 3.05) is 19.7 Å². The Morgan fingerprint density at radius 2 is 1.16 bits per heavy atom. The monoisotopic (exact) mass is 538 g/mol. The molecule has 0 bridgehead atoms. The predicted molar refractivity (Wildman–Crippen MR) is 153 cm³/mol. The molecule has 10 nitrogen and oxygen atoms in total. The Bertz CT molecular complexity index is 719. The number of guanidine groups is 2. The number of hydrogen-bond donors (Lipinski definition) is 4. The van der Waals surface area contributed by atoms with Crippen LogP contribution in [0.1, 0.15) is 104 Å². The number of unbranched alkanes of at least 4 members (excludes halogenated alkanes) is 4. The van der Waals surface area contributed by atoms with Crippen molar-refractivity contribution in [2.24, 2.45) is 56.6 Å². The third-order valence-corrected chi connectivity index (χ3v) is 7.27. The fourth-order valence-corrected chi connectivity index (χ4v) is 4.96. The molecule has 0 aromatic carbocycles. The molecule has 0 radical (unpaired) electrons. The van der Waals surface area contributed by atoms with Gasteiger partial charge in [0.2, 0.25) is 0 Å². The molecule has 220 valence electrons. The number of carbonyl (C=O) groups is 2. The van der Waals surface area contributed by atoms with E-state index in [0.717, 1.165) is 64.2 Å². The van der Waals surface area contributed by atoms with Crippen LogP contribution in [-0.2, 0) is 19.1 Å². The smallest absolute Gasteiger partial charge is 0.309 e. The van der Waals surface area contributed by atoms with Gasteiger partial charge in [-0.3, -0.25) is 19.6 Å². The maximum Gasteiger partial charge on any atom is 0.309 e. The van der Waals surface area contributed by atoms with Gasteiger partial charge in [0.15, 0.2) is 11.9 Å². The molecule has 0 aromatic rings. The summed E-state index contributed by atoms with van der Waals surface area (Å²) in [6, 6.07) is 0. The number of esters is 2. The number of hydrogen-bond acceptors (Lipinski definition) is 6. The molecule has 2 aliphatic carbocycles. The lowest BCUT2D eigenvalue weighted by atomic mass is 9.82. The van der Waals surface area contributed by atoms with Crippen molar-refractivity contribution in [2.45, 2.75) is 110 Å². The summed E-state index contributed by atoms with van der Waals surface area (Å²) in [6.07, 6.45) is 13.5. The summed E-state index contributed by atoms with van der Waals surface area (Å²) in [6.45, 7) is 7.89. The molecule has 0 saturated heterocycles. The SMILES string of the molecule is CC(C)OC(=O)C1CCC(CN=C(N)N)CC1.CCCCCCCOC(=O)C1CCC(CN=C(N)N)CC1. The van der Waals surface area contributed by atoms with Crippen molar-refractivity contribution >= 4 is 23.9 Å². The molecular formula is C28H54N6O4. The van der Waals surface area contributed by atoms with Crippen LogP contribution in [0.3, 0.4) is 0 Å². The average molecular weight is 539 g/mol. The first-order valence-electron chi connectivity index (χ1n) is 14.6. The Labute approximate surface area is 229 Å². The zero-order valence-corrected chi connectivity index (χ0v) is 24.0. The molecule has 2 aliphatic rings. The van der Waals surface area contributed by atoms with Gasteiger partial charge in [-0.1, -0.05) is 32.6 Å². The highest BCUT2D eigenvalue weighted by molar-refractivity contribution is 5.76. The van der Waals surface area contributed by atoms with Gasteiger partial charge in [0.25, 0.3) is 0 Å². The van der Waals surface area contributed by atoms with E-state index in [9.17, 15) is 9.59 Å². The maximum atomic E-state index is 12.0. The van der Waals surface area contributed by atoms with E-state index in [4.69, 9.17) is 32.4 Å². The number of rotatable bonds is 13. The molecule has 10 heteroatoms. The van der Waals surface area contributed by atoms with Crippen molar-refractivity contribution in [1.82, 2.24) is 0 Å². The molecule has 2 fully saturated rings. The van der Waals surface area contributed by atoms with Crippen LogP contribution in [0, 0.1) is 23.7 Å². The van der Waals surface area contributed by atoms with Crippen LogP contribution in [0.25, 0.3) is 0 Å². The van der Waals surface area contributed by atoms with Crippen molar-refractivity contribution in [3.05, 3.63) is 0 Å². The Balaban J connectivity index is 0.000000389. The first-order chi connectivity index (χ1) is 18.1. The van der Waals surface area contributed by atoms with Crippen molar-refractivity contribution in [3.8, 4) is 0 Å². The molecule has 38 heavy (non-hydrogen) atoms. The molecule has 0 spiro atoms. The van der Waals surface area contributed by atoms with Crippen LogP contribution in [0.4, 0.5) is 0 Å². The third-order valence-electron chi connectivity index (χ3n) is 7.27. The summed E-state index contributed by atoms with van der Waals surface area (Å²) in [7, 11) is 0. The molecule has 0 heterocycles. The fraction of sp³-hybridized carbons (Fsp3) is 0.857. The lowest BCUT2D eigenvalue weighted by molar-refractivity contribution is -0.154. The van der Waals surface area contributed by atoms with Crippen LogP contribution >= 0.6 is 0 Å². The highest BCUT2D eigenvalue weighted by Crippen LogP contribution is 2.31. The van der Waals surface area contributed by atoms with Gasteiger partial charge in [-0.05, 0) is 83.5 Å². The van der Waals surface area contributed by atoms with E-state index in [1.165, 1.54) is 19.3 Å². The summed E-state index contributed by atoms with van der Waals surface area (Å²) < 4.78 is 10.6. The van der Waals surface area contributed by atoms with Crippen LogP contribution in [0.15, 0.2) is 9.98 Å². The molecule has 2 rings (SSSR count). The fourth-order valence-electron chi connectivity index (χ4n) is 4.96. The summed E-state index contributed by atoms with van der Waals surface area (Å²) in [5.74, 6) is 1.38. The van der Waals surface area contributed by atoms with E-state index in [2.05, 4.69) is 16.9 Å². The molecule has 0 atom stereocenters. The highest BCUT2D eigenvalue weighted by atomic mass is 16.5. The maximum absolute atomic E-state index is 12.0. The topological polar surface area (TPSA) is 181 Å². The Kier molecular flexibility index (Phi) is 17.2. The molecule has 0 aromatic heterocycles. The average Bonchev–Trinajstić information content (AvgIpc) is 2.88. The lowest BCUT2D eigenvalue weighted by Gasteiger charge is -2.26. The molecule has 0 amide bonds. The van der Waals surface area contributed by atoms with Gasteiger partial charge in [-0.15, -0.1) is 0 Å². The third kappa shape index (κ3) is 15.7. The van der Waals surface area contributed by atoms with Crippen molar-refractivity contribution < 1.29 is 19.1 Å². The van der Waals surface area contributed by atoms with Gasteiger partial charge in [0.05, 0.1) is 24.5 Å². The first kappa shape index (κ1) is 33.5. The minimum Gasteiger partial charge on any atom is -0.465 e. The van der Waals surface area contributed by atoms with Gasteiger partial charge >= 0.3 is 11.9 Å². The van der Waals surface area contributed by atoms with Crippen LogP contribution in [0.2, 0.25) is 0 Å². The van der Waals surface area contributed by atoms with Gasteiger partial charge < -0.3 is 32.4 Å². The van der Waals surface area contributed by atoms with Crippen LogP contribution in [0.5, 0.6) is 0 Å². The number of nitrogens with zero attached hydrogens (tertiary/aromatic N) is 2. The second-order valence-electron chi connectivity index (χ2n) is 11.0. The molecule has 0 aliphatic heterocycles. The summed E-state index contributed by atoms with van der Waals surface area (Å²) >= 11 is 0. The van der Waals surface area contributed by atoms with E-state index >= 15 is 0 Å². The number of carbonyl (C=O) groups excluding carboxylic acids is 2. The van der Waals surface area contributed by atoms with Gasteiger partial charge in [0.1, 0.15) is 0 Å². The minimum absolute atomic E-state index is 0.00854. The van der Waals surface area contributed by atoms with E-state index in [-0.39, 0.29) is 41.8 Å². The zero-order valence-electron chi connectivity index (χ0n) is 24.0. The van der Waals surface area contributed by atoms with E-state index in [1.807, 2.05) is 13.8 Å². The number of aliphatic imine (C=N–C) groups is 2. The second kappa shape index (κ2) is 19.5. The van der Waals surface area contributed by atoms with Gasteiger partial charge in [-0.2, -0.15) is 0 Å². The normalized spacial score (nSPS) is 22.9. The van der Waals surface area contributed by atoms with Crippen molar-refractivity contribution in [3.63, 3.8) is 0 Å². The van der Waals surface area contributed by atoms with E-state index in [0.29, 0.717) is 31.5 Å². The van der Waals surface area contributed by atoms with Gasteiger partial charge in [0, 0.05) is 13.1 Å². The molecule has 8 N–H and O–H groups in total. The predicted octanol–water partition coefficient (Wildman–Crippen LogP) is 3.60. The Morgan fingerprint density at radius 1 is 0.711 bits per heavy atom. The first-order valence-corrected chi connectivity index (χ1v) is 14.6. The zero-order chi connectivity index (χ0) is 28.3. The van der Waals surface area contributed by atoms with Crippen LogP contribution in [-0.4, -0.2) is 49.7 Å². The quantitative estimate of drug-likeness (QED) is 0.119. The van der Waals surface area contributed by atoms with E-state index < -0.39 is 0 Å². The minimum atomic E-state index is -0.0553. The summed E-state index contributed by atoms with van der Waals surface area (Å²) in [5.41, 5.74) is 21.3. The number of nitrogens with two attached hydrogens (primary N) is 4. The Morgan fingerprint density at radius 3 is 1.58 bits per heavy atom. The lowest BCUT2D eigenvalue weighted by Crippen LogP contribution is -2.28. The van der Waals surface area contributed by atoms with Gasteiger partial charge in [-0.25, -0.2) is 0 Å². The highest BCUT2D eigenvalue weighted by Gasteiger charge is 2.28. The largest absolute Gasteiger partial charge is 0.465 e. The molecule has 2 saturated carbocycles. The molecular weight excluding hydrogens is 484 g/mol. The summed E-state index contributed by atoms with van der Waals surface area (Å²) in [5, 5.41) is 0. The van der Waals surface area contributed by atoms with Crippen LogP contribution < -0.4 is 22.9 Å². The summed E-state index contributed by atoms with van der Waals surface area (Å²) in [4.78, 5) is 31.7. The standard InChI is InChI=1S/C16H31N3O2.C12H23N3O2/c1-2-3-4-5-6-11-21-15(20)14-9-7-13(8-10-14)12-19-16(17)18;1-8(2)17-11(16)10-5-3-9(4-6-10)7-15-12(13)14/h13-14H,2-12H2,1H3,(H4,17,18,19);8-10H,3-7H2,1-2H3,(H4,13,14,15). The Hall–Kier alpha value is -2.52. The number of ether oxygens (including phenoxy) is 2.